The van der Waals surface area contributed by atoms with E-state index >= 15 is 0 Å². The van der Waals surface area contributed by atoms with Gasteiger partial charge in [0.1, 0.15) is 0 Å². The van der Waals surface area contributed by atoms with Crippen molar-refractivity contribution in [3.05, 3.63) is 80.9 Å². The highest BCUT2D eigenvalue weighted by Gasteiger charge is 2.21. The minimum absolute atomic E-state index is 0.108. The fourth-order valence-electron chi connectivity index (χ4n) is 3.18. The number of ketones is 1. The second kappa shape index (κ2) is 7.95. The number of rotatable bonds is 6. The van der Waals surface area contributed by atoms with Gasteiger partial charge in [-0.25, -0.2) is 4.79 Å². The first-order valence-electron chi connectivity index (χ1n) is 8.74. The van der Waals surface area contributed by atoms with Gasteiger partial charge in [-0.05, 0) is 55.5 Å². The first kappa shape index (κ1) is 18.5. The first-order chi connectivity index (χ1) is 13.0. The smallest absolute Gasteiger partial charge is 0.331 e. The lowest BCUT2D eigenvalue weighted by Crippen LogP contribution is -2.23. The van der Waals surface area contributed by atoms with Crippen LogP contribution in [0.3, 0.4) is 0 Å². The van der Waals surface area contributed by atoms with E-state index in [2.05, 4.69) is 0 Å². The fraction of sp³-hybridized carbons (Fsp3) is 0.238. The standard InChI is InChI=1S/C21H19NO5/c1-14(21(24)18-10-9-15-6-4-7-17(15)13-18)27-20(23)12-11-16-5-2-3-8-19(16)22(25)26/h2-3,5,8-14H,4,6-7H2,1H3/b12-11+. The number of fused-ring (bicyclic) bond motifs is 1. The summed E-state index contributed by atoms with van der Waals surface area (Å²) in [5, 5.41) is 11.0. The third kappa shape index (κ3) is 4.28. The van der Waals surface area contributed by atoms with Gasteiger partial charge in [-0.3, -0.25) is 14.9 Å². The fourth-order valence-corrected chi connectivity index (χ4v) is 3.18. The predicted molar refractivity (Wildman–Crippen MR) is 100 cm³/mol. The third-order valence-corrected chi connectivity index (χ3v) is 4.58. The van der Waals surface area contributed by atoms with Crippen LogP contribution in [0.4, 0.5) is 5.69 Å². The van der Waals surface area contributed by atoms with E-state index in [9.17, 15) is 19.7 Å². The molecule has 0 saturated carbocycles. The van der Waals surface area contributed by atoms with Crippen molar-refractivity contribution in [3.8, 4) is 0 Å². The molecule has 1 aliphatic carbocycles. The highest BCUT2D eigenvalue weighted by atomic mass is 16.6. The zero-order valence-electron chi connectivity index (χ0n) is 14.9. The normalized spacial score (nSPS) is 14.0. The Bertz CT molecular complexity index is 932. The Morgan fingerprint density at radius 3 is 2.67 bits per heavy atom. The van der Waals surface area contributed by atoms with Gasteiger partial charge in [-0.1, -0.05) is 24.3 Å². The van der Waals surface area contributed by atoms with Crippen molar-refractivity contribution in [2.75, 3.05) is 0 Å². The zero-order valence-corrected chi connectivity index (χ0v) is 14.9. The molecule has 3 rings (SSSR count). The predicted octanol–water partition coefficient (Wildman–Crippen LogP) is 3.91. The van der Waals surface area contributed by atoms with Crippen molar-refractivity contribution < 1.29 is 19.2 Å². The van der Waals surface area contributed by atoms with E-state index in [4.69, 9.17) is 4.74 Å². The molecule has 2 aromatic rings. The average molecular weight is 365 g/mol. The molecule has 0 spiro atoms. The summed E-state index contributed by atoms with van der Waals surface area (Å²) in [5.41, 5.74) is 3.15. The molecule has 1 unspecified atom stereocenters. The molecule has 138 valence electrons. The summed E-state index contributed by atoms with van der Waals surface area (Å²) in [6, 6.07) is 11.7. The summed E-state index contributed by atoms with van der Waals surface area (Å²) >= 11 is 0. The van der Waals surface area contributed by atoms with E-state index in [1.807, 2.05) is 12.1 Å². The number of carbonyl (C=O) groups excluding carboxylic acids is 2. The van der Waals surface area contributed by atoms with Gasteiger partial charge in [0.25, 0.3) is 5.69 Å². The molecule has 0 aliphatic heterocycles. The highest BCUT2D eigenvalue weighted by molar-refractivity contribution is 6.01. The number of nitrogens with zero attached hydrogens (tertiary/aromatic N) is 1. The highest BCUT2D eigenvalue weighted by Crippen LogP contribution is 2.24. The Hall–Kier alpha value is -3.28. The van der Waals surface area contributed by atoms with Crippen LogP contribution in [-0.4, -0.2) is 22.8 Å². The first-order valence-corrected chi connectivity index (χ1v) is 8.74. The van der Waals surface area contributed by atoms with Gasteiger partial charge in [0.05, 0.1) is 10.5 Å². The maximum absolute atomic E-state index is 12.5. The number of carbonyl (C=O) groups is 2. The van der Waals surface area contributed by atoms with Crippen LogP contribution in [0.5, 0.6) is 0 Å². The molecule has 0 N–H and O–H groups in total. The number of ether oxygens (including phenoxy) is 1. The van der Waals surface area contributed by atoms with Crippen LogP contribution in [0.1, 0.15) is 40.4 Å². The Kier molecular flexibility index (Phi) is 5.45. The van der Waals surface area contributed by atoms with Crippen LogP contribution in [0.25, 0.3) is 6.08 Å². The zero-order chi connectivity index (χ0) is 19.4. The van der Waals surface area contributed by atoms with Crippen molar-refractivity contribution in [2.24, 2.45) is 0 Å². The number of hydrogen-bond acceptors (Lipinski definition) is 5. The van der Waals surface area contributed by atoms with E-state index in [1.165, 1.54) is 36.3 Å². The molecule has 1 aliphatic rings. The summed E-state index contributed by atoms with van der Waals surface area (Å²) in [5.74, 6) is -0.993. The van der Waals surface area contributed by atoms with Crippen molar-refractivity contribution in [2.45, 2.75) is 32.3 Å². The largest absolute Gasteiger partial charge is 0.451 e. The summed E-state index contributed by atoms with van der Waals surface area (Å²) < 4.78 is 5.16. The number of nitro benzene ring substituents is 1. The second-order valence-electron chi connectivity index (χ2n) is 6.43. The molecule has 0 heterocycles. The van der Waals surface area contributed by atoms with Gasteiger partial charge in [0, 0.05) is 17.7 Å². The molecule has 0 fully saturated rings. The molecular formula is C21H19NO5. The van der Waals surface area contributed by atoms with E-state index in [-0.39, 0.29) is 17.0 Å². The molecule has 6 heteroatoms. The lowest BCUT2D eigenvalue weighted by atomic mass is 10.0. The number of nitro groups is 1. The summed E-state index contributed by atoms with van der Waals surface area (Å²) in [4.78, 5) is 35.0. The molecule has 1 atom stereocenters. The number of aryl methyl sites for hydroxylation is 2. The molecule has 0 amide bonds. The van der Waals surface area contributed by atoms with Gasteiger partial charge in [-0.2, -0.15) is 0 Å². The molecular weight excluding hydrogens is 346 g/mol. The maximum atomic E-state index is 12.5. The Morgan fingerprint density at radius 2 is 1.89 bits per heavy atom. The van der Waals surface area contributed by atoms with Gasteiger partial charge in [0.2, 0.25) is 5.78 Å². The Balaban J connectivity index is 1.65. The van der Waals surface area contributed by atoms with E-state index in [1.54, 1.807) is 18.2 Å². The SMILES string of the molecule is CC(OC(=O)/C=C/c1ccccc1[N+](=O)[O-])C(=O)c1ccc2c(c1)CCC2. The van der Waals surface area contributed by atoms with Crippen molar-refractivity contribution >= 4 is 23.5 Å². The minimum atomic E-state index is -0.938. The molecule has 27 heavy (non-hydrogen) atoms. The van der Waals surface area contributed by atoms with Gasteiger partial charge >= 0.3 is 5.97 Å². The van der Waals surface area contributed by atoms with Crippen LogP contribution in [0.2, 0.25) is 0 Å². The number of esters is 1. The average Bonchev–Trinajstić information content (AvgIpc) is 3.13. The van der Waals surface area contributed by atoms with Crippen molar-refractivity contribution in [3.63, 3.8) is 0 Å². The topological polar surface area (TPSA) is 86.5 Å². The Labute approximate surface area is 156 Å². The third-order valence-electron chi connectivity index (χ3n) is 4.58. The van der Waals surface area contributed by atoms with E-state index in [0.717, 1.165) is 25.3 Å². The number of hydrogen-bond donors (Lipinski definition) is 0. The van der Waals surface area contributed by atoms with Gasteiger partial charge < -0.3 is 4.74 Å². The lowest BCUT2D eigenvalue weighted by molar-refractivity contribution is -0.385. The second-order valence-corrected chi connectivity index (χ2v) is 6.43. The number of para-hydroxylation sites is 1. The molecule has 0 aromatic heterocycles. The van der Waals surface area contributed by atoms with E-state index in [0.29, 0.717) is 5.56 Å². The monoisotopic (exact) mass is 365 g/mol. The van der Waals surface area contributed by atoms with Crippen molar-refractivity contribution in [1.82, 2.24) is 0 Å². The molecule has 0 saturated heterocycles. The van der Waals surface area contributed by atoms with Crippen LogP contribution in [0, 0.1) is 10.1 Å². The maximum Gasteiger partial charge on any atom is 0.331 e. The van der Waals surface area contributed by atoms with Gasteiger partial charge in [-0.15, -0.1) is 0 Å². The summed E-state index contributed by atoms with van der Waals surface area (Å²) in [6.45, 7) is 1.52. The molecule has 2 aromatic carbocycles. The van der Waals surface area contributed by atoms with Crippen LogP contribution in [-0.2, 0) is 22.4 Å². The molecule has 6 nitrogen and oxygen atoms in total. The van der Waals surface area contributed by atoms with Crippen LogP contribution in [0.15, 0.2) is 48.5 Å². The van der Waals surface area contributed by atoms with Gasteiger partial charge in [0.15, 0.2) is 6.10 Å². The van der Waals surface area contributed by atoms with E-state index < -0.39 is 17.0 Å². The van der Waals surface area contributed by atoms with Crippen molar-refractivity contribution in [1.29, 1.82) is 0 Å². The summed E-state index contributed by atoms with van der Waals surface area (Å²) in [7, 11) is 0. The Morgan fingerprint density at radius 1 is 1.15 bits per heavy atom. The van der Waals surface area contributed by atoms with Crippen LogP contribution >= 0.6 is 0 Å². The minimum Gasteiger partial charge on any atom is -0.451 e. The lowest BCUT2D eigenvalue weighted by Gasteiger charge is -2.12. The molecule has 0 bridgehead atoms. The number of Topliss-reactive ketones (excluding diaryl/α,β-unsaturated/α-hetero) is 1. The number of benzene rings is 2. The molecule has 0 radical (unpaired) electrons. The van der Waals surface area contributed by atoms with Crippen LogP contribution < -0.4 is 0 Å². The quantitative estimate of drug-likeness (QED) is 0.255. The summed E-state index contributed by atoms with van der Waals surface area (Å²) in [6.07, 6.45) is 4.55.